The number of thioether (sulfide) groups is 1. The van der Waals surface area contributed by atoms with Gasteiger partial charge in [0.25, 0.3) is 0 Å². The highest BCUT2D eigenvalue weighted by atomic mass is 32.2. The first-order valence-corrected chi connectivity index (χ1v) is 13.1. The van der Waals surface area contributed by atoms with Gasteiger partial charge in [-0.2, -0.15) is 0 Å². The SMILES string of the molecule is c1ccc(SC(c2ccccc2)c2nc3ccccc3n2CCOc2ccc3ccccc3c2)cc1. The fourth-order valence-corrected chi connectivity index (χ4v) is 5.74. The van der Waals surface area contributed by atoms with E-state index in [1.807, 2.05) is 17.8 Å². The van der Waals surface area contributed by atoms with Crippen molar-refractivity contribution in [2.45, 2.75) is 16.7 Å². The lowest BCUT2D eigenvalue weighted by Gasteiger charge is -2.19. The molecule has 0 aliphatic carbocycles. The van der Waals surface area contributed by atoms with Crippen LogP contribution >= 0.6 is 11.8 Å². The molecule has 36 heavy (non-hydrogen) atoms. The molecule has 0 radical (unpaired) electrons. The van der Waals surface area contributed by atoms with Gasteiger partial charge in [-0.05, 0) is 52.7 Å². The number of benzene rings is 5. The molecule has 0 bridgehead atoms. The predicted molar refractivity (Wildman–Crippen MR) is 150 cm³/mol. The Labute approximate surface area is 215 Å². The molecule has 5 aromatic carbocycles. The Bertz CT molecular complexity index is 1590. The Morgan fingerprint density at radius 3 is 2.22 bits per heavy atom. The molecule has 1 atom stereocenters. The zero-order chi connectivity index (χ0) is 24.2. The van der Waals surface area contributed by atoms with Gasteiger partial charge in [-0.25, -0.2) is 4.98 Å². The molecule has 0 aliphatic heterocycles. The largest absolute Gasteiger partial charge is 0.492 e. The fraction of sp³-hybridized carbons (Fsp3) is 0.0938. The van der Waals surface area contributed by atoms with Crippen LogP contribution in [0.25, 0.3) is 21.8 Å². The van der Waals surface area contributed by atoms with Crippen molar-refractivity contribution in [2.24, 2.45) is 0 Å². The van der Waals surface area contributed by atoms with Gasteiger partial charge in [0.2, 0.25) is 0 Å². The molecular weight excluding hydrogens is 460 g/mol. The molecule has 6 aromatic rings. The van der Waals surface area contributed by atoms with Crippen molar-refractivity contribution < 1.29 is 4.74 Å². The zero-order valence-corrected chi connectivity index (χ0v) is 20.6. The summed E-state index contributed by atoms with van der Waals surface area (Å²) in [5.74, 6) is 1.93. The van der Waals surface area contributed by atoms with Gasteiger partial charge in [0.1, 0.15) is 18.2 Å². The summed E-state index contributed by atoms with van der Waals surface area (Å²) in [4.78, 5) is 6.36. The second-order valence-corrected chi connectivity index (χ2v) is 9.87. The number of nitrogens with zero attached hydrogens (tertiary/aromatic N) is 2. The van der Waals surface area contributed by atoms with E-state index in [1.165, 1.54) is 21.2 Å². The second kappa shape index (κ2) is 10.3. The van der Waals surface area contributed by atoms with Crippen LogP contribution in [-0.2, 0) is 6.54 Å². The normalized spacial score (nSPS) is 12.1. The molecule has 0 N–H and O–H groups in total. The van der Waals surface area contributed by atoms with E-state index < -0.39 is 0 Å². The summed E-state index contributed by atoms with van der Waals surface area (Å²) in [6, 6.07) is 44.2. The molecule has 0 saturated heterocycles. The molecule has 0 fully saturated rings. The van der Waals surface area contributed by atoms with Gasteiger partial charge < -0.3 is 9.30 Å². The van der Waals surface area contributed by atoms with Crippen molar-refractivity contribution in [1.82, 2.24) is 9.55 Å². The third-order valence-corrected chi connectivity index (χ3v) is 7.59. The lowest BCUT2D eigenvalue weighted by atomic mass is 10.1. The van der Waals surface area contributed by atoms with E-state index in [1.54, 1.807) is 0 Å². The number of hydrogen-bond acceptors (Lipinski definition) is 3. The van der Waals surface area contributed by atoms with Gasteiger partial charge in [-0.3, -0.25) is 0 Å². The quantitative estimate of drug-likeness (QED) is 0.203. The Hall–Kier alpha value is -4.02. The maximum absolute atomic E-state index is 6.24. The van der Waals surface area contributed by atoms with Gasteiger partial charge in [0.05, 0.1) is 22.8 Å². The van der Waals surface area contributed by atoms with Crippen LogP contribution in [0.15, 0.2) is 132 Å². The van der Waals surface area contributed by atoms with E-state index in [2.05, 4.69) is 126 Å². The molecule has 6 rings (SSSR count). The first-order chi connectivity index (χ1) is 17.8. The van der Waals surface area contributed by atoms with E-state index in [9.17, 15) is 0 Å². The summed E-state index contributed by atoms with van der Waals surface area (Å²) in [5, 5.41) is 2.46. The summed E-state index contributed by atoms with van der Waals surface area (Å²) < 4.78 is 8.56. The van der Waals surface area contributed by atoms with Gasteiger partial charge in [0, 0.05) is 4.90 Å². The third-order valence-electron chi connectivity index (χ3n) is 6.32. The Morgan fingerprint density at radius 1 is 0.694 bits per heavy atom. The van der Waals surface area contributed by atoms with Crippen molar-refractivity contribution in [2.75, 3.05) is 6.61 Å². The van der Waals surface area contributed by atoms with E-state index >= 15 is 0 Å². The first kappa shape index (κ1) is 22.4. The summed E-state index contributed by atoms with van der Waals surface area (Å²) in [6.45, 7) is 1.27. The maximum Gasteiger partial charge on any atom is 0.128 e. The fourth-order valence-electron chi connectivity index (χ4n) is 4.57. The smallest absolute Gasteiger partial charge is 0.128 e. The van der Waals surface area contributed by atoms with Crippen LogP contribution in [0.2, 0.25) is 0 Å². The molecule has 0 amide bonds. The highest BCUT2D eigenvalue weighted by molar-refractivity contribution is 7.99. The Morgan fingerprint density at radius 2 is 1.39 bits per heavy atom. The summed E-state index contributed by atoms with van der Waals surface area (Å²) in [6.07, 6.45) is 0. The lowest BCUT2D eigenvalue weighted by molar-refractivity contribution is 0.299. The number of imidazole rings is 1. The molecule has 3 nitrogen and oxygen atoms in total. The minimum atomic E-state index is 0.0571. The van der Waals surface area contributed by atoms with Gasteiger partial charge >= 0.3 is 0 Å². The topological polar surface area (TPSA) is 27.1 Å². The van der Waals surface area contributed by atoms with E-state index in [0.29, 0.717) is 13.2 Å². The van der Waals surface area contributed by atoms with Gasteiger partial charge in [-0.15, -0.1) is 11.8 Å². The summed E-state index contributed by atoms with van der Waals surface area (Å²) in [7, 11) is 0. The van der Waals surface area contributed by atoms with Crippen molar-refractivity contribution in [1.29, 1.82) is 0 Å². The van der Waals surface area contributed by atoms with Crippen LogP contribution in [0.5, 0.6) is 5.75 Å². The predicted octanol–water partition coefficient (Wildman–Crippen LogP) is 8.15. The van der Waals surface area contributed by atoms with Crippen LogP contribution < -0.4 is 4.74 Å². The minimum Gasteiger partial charge on any atom is -0.492 e. The third kappa shape index (κ3) is 4.73. The van der Waals surface area contributed by atoms with Crippen molar-refractivity contribution in [3.63, 3.8) is 0 Å². The average molecular weight is 487 g/mol. The number of hydrogen-bond donors (Lipinski definition) is 0. The summed E-state index contributed by atoms with van der Waals surface area (Å²) in [5.41, 5.74) is 3.37. The minimum absolute atomic E-state index is 0.0571. The van der Waals surface area contributed by atoms with E-state index in [0.717, 1.165) is 22.6 Å². The Kier molecular flexibility index (Phi) is 6.43. The molecule has 1 heterocycles. The van der Waals surface area contributed by atoms with Gasteiger partial charge in [0.15, 0.2) is 0 Å². The van der Waals surface area contributed by atoms with Crippen LogP contribution in [-0.4, -0.2) is 16.2 Å². The van der Waals surface area contributed by atoms with E-state index in [4.69, 9.17) is 9.72 Å². The van der Waals surface area contributed by atoms with Crippen LogP contribution in [0.1, 0.15) is 16.6 Å². The zero-order valence-electron chi connectivity index (χ0n) is 19.8. The molecule has 1 aromatic heterocycles. The highest BCUT2D eigenvalue weighted by Gasteiger charge is 2.23. The monoisotopic (exact) mass is 486 g/mol. The first-order valence-electron chi connectivity index (χ1n) is 12.2. The molecule has 0 spiro atoms. The molecule has 0 saturated carbocycles. The maximum atomic E-state index is 6.24. The van der Waals surface area contributed by atoms with Gasteiger partial charge in [-0.1, -0.05) is 91.0 Å². The second-order valence-electron chi connectivity index (χ2n) is 8.69. The number of ether oxygens (including phenoxy) is 1. The number of rotatable bonds is 8. The lowest BCUT2D eigenvalue weighted by Crippen LogP contribution is -2.13. The molecule has 0 aliphatic rings. The molecular formula is C32H26N2OS. The van der Waals surface area contributed by atoms with Crippen LogP contribution in [0.4, 0.5) is 0 Å². The van der Waals surface area contributed by atoms with Crippen LogP contribution in [0.3, 0.4) is 0 Å². The van der Waals surface area contributed by atoms with Crippen molar-refractivity contribution >= 4 is 33.6 Å². The molecule has 176 valence electrons. The van der Waals surface area contributed by atoms with Crippen molar-refractivity contribution in [3.05, 3.63) is 139 Å². The highest BCUT2D eigenvalue weighted by Crippen LogP contribution is 2.41. The number of fused-ring (bicyclic) bond motifs is 2. The molecule has 4 heteroatoms. The van der Waals surface area contributed by atoms with Crippen LogP contribution in [0, 0.1) is 0 Å². The Balaban J connectivity index is 1.34. The van der Waals surface area contributed by atoms with Crippen molar-refractivity contribution in [3.8, 4) is 5.75 Å². The standard InChI is InChI=1S/C32H26N2OS/c1-3-12-25(13-4-1)31(36-28-15-5-2-6-16-28)32-33-29-17-9-10-18-30(29)34(32)21-22-35-27-20-19-24-11-7-8-14-26(24)23-27/h1-20,23,31H,21-22H2. The number of aromatic nitrogens is 2. The molecule has 1 unspecified atom stereocenters. The average Bonchev–Trinajstić information content (AvgIpc) is 3.31. The number of para-hydroxylation sites is 2. The summed E-state index contributed by atoms with van der Waals surface area (Å²) >= 11 is 1.83. The van der Waals surface area contributed by atoms with E-state index in [-0.39, 0.29) is 5.25 Å².